The highest BCUT2D eigenvalue weighted by Crippen LogP contribution is 2.26. The molecule has 0 saturated carbocycles. The Kier molecular flexibility index (Phi) is 8.07. The summed E-state index contributed by atoms with van der Waals surface area (Å²) >= 11 is 0. The largest absolute Gasteiger partial charge is 0.389 e. The number of β-amino-alcohol motifs (C(OH)–C–C–N with tert-alkyl or cyclic N) is 1. The molecule has 0 amide bonds. The number of piperazine rings is 1. The van der Waals surface area contributed by atoms with Crippen molar-refractivity contribution in [3.63, 3.8) is 0 Å². The summed E-state index contributed by atoms with van der Waals surface area (Å²) in [7, 11) is -3.74. The Morgan fingerprint density at radius 1 is 0.853 bits per heavy atom. The van der Waals surface area contributed by atoms with Gasteiger partial charge >= 0.3 is 0 Å². The zero-order valence-corrected chi connectivity index (χ0v) is 19.6. The van der Waals surface area contributed by atoms with Crippen LogP contribution in [0.3, 0.4) is 0 Å². The van der Waals surface area contributed by atoms with Crippen LogP contribution >= 0.6 is 0 Å². The lowest BCUT2D eigenvalue weighted by atomic mass is 10.0. The average Bonchev–Trinajstić information content (AvgIpc) is 2.86. The Morgan fingerprint density at radius 3 is 2.00 bits per heavy atom. The number of nitrogens with zero attached hydrogens (tertiary/aromatic N) is 2. The van der Waals surface area contributed by atoms with E-state index >= 15 is 0 Å². The van der Waals surface area contributed by atoms with Gasteiger partial charge in [-0.05, 0) is 29.3 Å². The normalized spacial score (nSPS) is 16.6. The average molecular weight is 485 g/mol. The molecule has 1 fully saturated rings. The lowest BCUT2D eigenvalue weighted by Crippen LogP contribution is -2.50. The summed E-state index contributed by atoms with van der Waals surface area (Å²) in [6.07, 6.45) is -1.01. The van der Waals surface area contributed by atoms with Gasteiger partial charge in [-0.1, -0.05) is 66.7 Å². The summed E-state index contributed by atoms with van der Waals surface area (Å²) in [4.78, 5) is 1.98. The van der Waals surface area contributed by atoms with Gasteiger partial charge in [-0.2, -0.15) is 4.31 Å². The molecule has 1 aliphatic rings. The second-order valence-corrected chi connectivity index (χ2v) is 10.3. The third-order valence-corrected chi connectivity index (χ3v) is 7.79. The lowest BCUT2D eigenvalue weighted by molar-refractivity contribution is -0.0117. The molecule has 1 atom stereocenters. The van der Waals surface area contributed by atoms with Gasteiger partial charge in [0.25, 0.3) is 0 Å². The minimum Gasteiger partial charge on any atom is -0.389 e. The number of hydrogen-bond donors (Lipinski definition) is 1. The summed E-state index contributed by atoms with van der Waals surface area (Å²) < 4.78 is 46.6. The fourth-order valence-corrected chi connectivity index (χ4v) is 5.58. The Morgan fingerprint density at radius 2 is 1.44 bits per heavy atom. The molecule has 1 heterocycles. The van der Waals surface area contributed by atoms with Crippen molar-refractivity contribution in [2.24, 2.45) is 0 Å². The van der Waals surface area contributed by atoms with Crippen molar-refractivity contribution < 1.29 is 22.7 Å². The van der Waals surface area contributed by atoms with Gasteiger partial charge in [0.15, 0.2) is 0 Å². The van der Waals surface area contributed by atoms with E-state index in [-0.39, 0.29) is 30.7 Å². The third kappa shape index (κ3) is 6.08. The third-order valence-electron chi connectivity index (χ3n) is 5.89. The van der Waals surface area contributed by atoms with Crippen LogP contribution < -0.4 is 0 Å². The molecular weight excluding hydrogens is 455 g/mol. The molecule has 3 aromatic carbocycles. The minimum absolute atomic E-state index is 0.0396. The SMILES string of the molecule is O=S(=O)(c1cccc(F)c1)N1CCN(CC(O)COC(c2ccccc2)c2ccccc2)CC1. The summed E-state index contributed by atoms with van der Waals surface area (Å²) in [6.45, 7) is 2.05. The number of halogens is 1. The van der Waals surface area contributed by atoms with E-state index in [9.17, 15) is 17.9 Å². The molecule has 180 valence electrons. The van der Waals surface area contributed by atoms with E-state index in [2.05, 4.69) is 0 Å². The molecule has 0 aromatic heterocycles. The molecule has 1 N–H and O–H groups in total. The van der Waals surface area contributed by atoms with E-state index in [0.29, 0.717) is 19.6 Å². The zero-order chi connectivity index (χ0) is 24.0. The van der Waals surface area contributed by atoms with E-state index in [1.54, 1.807) is 0 Å². The van der Waals surface area contributed by atoms with Gasteiger partial charge in [-0.15, -0.1) is 0 Å². The van der Waals surface area contributed by atoms with Crippen molar-refractivity contribution in [2.45, 2.75) is 17.1 Å². The van der Waals surface area contributed by atoms with Crippen LogP contribution in [0.5, 0.6) is 0 Å². The molecule has 0 spiro atoms. The maximum absolute atomic E-state index is 13.5. The monoisotopic (exact) mass is 484 g/mol. The Balaban J connectivity index is 1.31. The van der Waals surface area contributed by atoms with Gasteiger partial charge in [0, 0.05) is 32.7 Å². The van der Waals surface area contributed by atoms with Gasteiger partial charge < -0.3 is 9.84 Å². The van der Waals surface area contributed by atoms with Crippen LogP contribution in [0.4, 0.5) is 4.39 Å². The highest BCUT2D eigenvalue weighted by atomic mass is 32.2. The van der Waals surface area contributed by atoms with E-state index in [4.69, 9.17) is 4.74 Å². The van der Waals surface area contributed by atoms with Gasteiger partial charge in [0.1, 0.15) is 11.9 Å². The van der Waals surface area contributed by atoms with Crippen molar-refractivity contribution >= 4 is 10.0 Å². The fourth-order valence-electron chi connectivity index (χ4n) is 4.13. The number of aliphatic hydroxyl groups is 1. The van der Waals surface area contributed by atoms with Gasteiger partial charge in [-0.25, -0.2) is 12.8 Å². The van der Waals surface area contributed by atoms with E-state index in [0.717, 1.165) is 17.2 Å². The molecule has 1 unspecified atom stereocenters. The number of benzene rings is 3. The predicted octanol–water partition coefficient (Wildman–Crippen LogP) is 3.30. The summed E-state index contributed by atoms with van der Waals surface area (Å²) in [5.41, 5.74) is 2.02. The van der Waals surface area contributed by atoms with Crippen molar-refractivity contribution in [3.8, 4) is 0 Å². The molecule has 4 rings (SSSR count). The number of hydrogen-bond acceptors (Lipinski definition) is 5. The van der Waals surface area contributed by atoms with Crippen LogP contribution in [0.15, 0.2) is 89.8 Å². The van der Waals surface area contributed by atoms with Crippen LogP contribution in [0.25, 0.3) is 0 Å². The Hall–Kier alpha value is -2.62. The fraction of sp³-hybridized carbons (Fsp3) is 0.308. The maximum atomic E-state index is 13.5. The van der Waals surface area contributed by atoms with Gasteiger partial charge in [0.2, 0.25) is 10.0 Å². The molecule has 0 aliphatic carbocycles. The molecule has 1 aliphatic heterocycles. The van der Waals surface area contributed by atoms with E-state index < -0.39 is 21.9 Å². The molecule has 1 saturated heterocycles. The highest BCUT2D eigenvalue weighted by molar-refractivity contribution is 7.89. The Labute approximate surface area is 200 Å². The van der Waals surface area contributed by atoms with Crippen LogP contribution in [-0.4, -0.2) is 68.2 Å². The lowest BCUT2D eigenvalue weighted by Gasteiger charge is -2.35. The number of ether oxygens (including phenoxy) is 1. The van der Waals surface area contributed by atoms with Gasteiger partial charge in [-0.3, -0.25) is 4.90 Å². The Bertz CT molecular complexity index is 1110. The van der Waals surface area contributed by atoms with Crippen LogP contribution in [0.1, 0.15) is 17.2 Å². The second-order valence-electron chi connectivity index (χ2n) is 8.35. The summed E-state index contributed by atoms with van der Waals surface area (Å²) in [5.74, 6) is -0.577. The molecule has 34 heavy (non-hydrogen) atoms. The quantitative estimate of drug-likeness (QED) is 0.505. The molecule has 8 heteroatoms. The number of aliphatic hydroxyl groups excluding tert-OH is 1. The highest BCUT2D eigenvalue weighted by Gasteiger charge is 2.29. The van der Waals surface area contributed by atoms with Crippen molar-refractivity contribution in [1.29, 1.82) is 0 Å². The molecular formula is C26H29FN2O4S. The first kappa shape index (κ1) is 24.5. The van der Waals surface area contributed by atoms with Crippen LogP contribution in [0.2, 0.25) is 0 Å². The van der Waals surface area contributed by atoms with Crippen LogP contribution in [-0.2, 0) is 14.8 Å². The first-order valence-corrected chi connectivity index (χ1v) is 12.7. The standard InChI is InChI=1S/C26H29FN2O4S/c27-23-12-7-13-25(18-23)34(31,32)29-16-14-28(15-17-29)19-24(30)20-33-26(21-8-3-1-4-9-21)22-10-5-2-6-11-22/h1-13,18,24,26,30H,14-17,19-20H2. The van der Waals surface area contributed by atoms with Gasteiger partial charge in [0.05, 0.1) is 17.6 Å². The predicted molar refractivity (Wildman–Crippen MR) is 128 cm³/mol. The van der Waals surface area contributed by atoms with E-state index in [1.807, 2.05) is 65.6 Å². The number of sulfonamides is 1. The number of rotatable bonds is 9. The maximum Gasteiger partial charge on any atom is 0.243 e. The molecule has 0 bridgehead atoms. The smallest absolute Gasteiger partial charge is 0.243 e. The summed E-state index contributed by atoms with van der Waals surface area (Å²) in [5, 5.41) is 10.6. The zero-order valence-electron chi connectivity index (χ0n) is 18.8. The molecule has 6 nitrogen and oxygen atoms in total. The van der Waals surface area contributed by atoms with Crippen molar-refractivity contribution in [2.75, 3.05) is 39.3 Å². The van der Waals surface area contributed by atoms with Crippen molar-refractivity contribution in [3.05, 3.63) is 102 Å². The van der Waals surface area contributed by atoms with Crippen molar-refractivity contribution in [1.82, 2.24) is 9.21 Å². The molecule has 0 radical (unpaired) electrons. The first-order chi connectivity index (χ1) is 16.4. The minimum atomic E-state index is -3.74. The summed E-state index contributed by atoms with van der Waals surface area (Å²) in [6, 6.07) is 24.8. The second kappa shape index (κ2) is 11.2. The first-order valence-electron chi connectivity index (χ1n) is 11.3. The molecule has 3 aromatic rings. The van der Waals surface area contributed by atoms with Crippen LogP contribution in [0, 0.1) is 5.82 Å². The van der Waals surface area contributed by atoms with E-state index in [1.165, 1.54) is 22.5 Å². The topological polar surface area (TPSA) is 70.1 Å².